The molecule has 6 aromatic rings. The maximum absolute atomic E-state index is 10.6. The van der Waals surface area contributed by atoms with Crippen molar-refractivity contribution in [3.05, 3.63) is 97.2 Å². The van der Waals surface area contributed by atoms with Gasteiger partial charge in [-0.05, 0) is 29.3 Å². The molecule has 0 bridgehead atoms. The van der Waals surface area contributed by atoms with Crippen molar-refractivity contribution in [2.75, 3.05) is 0 Å². The molecule has 0 radical (unpaired) electrons. The molecule has 32 heavy (non-hydrogen) atoms. The summed E-state index contributed by atoms with van der Waals surface area (Å²) in [6.45, 7) is 0. The fourth-order valence-corrected chi connectivity index (χ4v) is 3.96. The second-order valence-electron chi connectivity index (χ2n) is 7.23. The number of nitrogens with zero attached hydrogens (tertiary/aromatic N) is 3. The maximum Gasteiger partial charge on any atom is 0.240 e. The van der Waals surface area contributed by atoms with Crippen molar-refractivity contribution in [3.63, 3.8) is 0 Å². The third kappa shape index (κ3) is 3.31. The normalized spacial score (nSPS) is 11.0. The van der Waals surface area contributed by atoms with E-state index in [0.29, 0.717) is 22.8 Å². The van der Waals surface area contributed by atoms with Gasteiger partial charge in [0, 0.05) is 26.5 Å². The summed E-state index contributed by atoms with van der Waals surface area (Å²) >= 11 is 0. The van der Waals surface area contributed by atoms with Crippen molar-refractivity contribution < 1.29 is 30.9 Å². The first-order chi connectivity index (χ1) is 15.3. The van der Waals surface area contributed by atoms with Crippen LogP contribution in [0.3, 0.4) is 0 Å². The Bertz CT molecular complexity index is 1580. The number of para-hydroxylation sites is 1. The van der Waals surface area contributed by atoms with Crippen molar-refractivity contribution in [3.8, 4) is 28.8 Å². The number of hydrogen-bond donors (Lipinski definition) is 1. The van der Waals surface area contributed by atoms with Gasteiger partial charge in [0.1, 0.15) is 5.75 Å². The van der Waals surface area contributed by atoms with Crippen LogP contribution in [-0.4, -0.2) is 19.5 Å². The summed E-state index contributed by atoms with van der Waals surface area (Å²) in [5, 5.41) is 13.2. The number of phenolic OH excluding ortho intramolecular Hbond substituents is 1. The Balaban J connectivity index is 0.00000216. The van der Waals surface area contributed by atoms with Crippen LogP contribution in [0, 0.1) is 6.07 Å². The quantitative estimate of drug-likeness (QED) is 0.201. The van der Waals surface area contributed by atoms with E-state index in [1.807, 2.05) is 83.4 Å². The van der Waals surface area contributed by atoms with Crippen molar-refractivity contribution in [2.45, 2.75) is 0 Å². The van der Waals surface area contributed by atoms with E-state index in [9.17, 15) is 5.11 Å². The van der Waals surface area contributed by atoms with Gasteiger partial charge in [0.25, 0.3) is 0 Å². The zero-order valence-electron chi connectivity index (χ0n) is 16.7. The number of imidazole rings is 1. The van der Waals surface area contributed by atoms with Gasteiger partial charge in [0.2, 0.25) is 11.8 Å². The van der Waals surface area contributed by atoms with Crippen LogP contribution < -0.4 is 4.74 Å². The van der Waals surface area contributed by atoms with Gasteiger partial charge >= 0.3 is 0 Å². The van der Waals surface area contributed by atoms with Crippen LogP contribution in [0.25, 0.3) is 38.6 Å². The van der Waals surface area contributed by atoms with Gasteiger partial charge in [-0.15, -0.1) is 35.9 Å². The minimum atomic E-state index is 0. The number of fused-ring (bicyclic) bond motifs is 6. The first-order valence-corrected chi connectivity index (χ1v) is 9.91. The van der Waals surface area contributed by atoms with E-state index in [2.05, 4.69) is 16.0 Å². The van der Waals surface area contributed by atoms with Crippen LogP contribution in [-0.2, 0) is 21.1 Å². The summed E-state index contributed by atoms with van der Waals surface area (Å²) in [4.78, 5) is 9.28. The summed E-state index contributed by atoms with van der Waals surface area (Å²) in [6, 6.07) is 30.0. The first kappa shape index (κ1) is 20.2. The molecule has 0 spiro atoms. The third-order valence-electron chi connectivity index (χ3n) is 5.32. The molecule has 0 atom stereocenters. The molecule has 3 aromatic heterocycles. The number of rotatable bonds is 3. The zero-order valence-corrected chi connectivity index (χ0v) is 18.9. The van der Waals surface area contributed by atoms with E-state index in [1.54, 1.807) is 12.1 Å². The first-order valence-electron chi connectivity index (χ1n) is 9.91. The number of aromatic hydroxyl groups is 1. The fourth-order valence-electron chi connectivity index (χ4n) is 3.96. The molecular weight excluding hydrogens is 581 g/mol. The Kier molecular flexibility index (Phi) is 5.12. The molecule has 3 heterocycles. The van der Waals surface area contributed by atoms with Crippen molar-refractivity contribution >= 4 is 27.3 Å². The predicted octanol–water partition coefficient (Wildman–Crippen LogP) is 6.00. The largest absolute Gasteiger partial charge is 0.507 e. The molecule has 6 heteroatoms. The Labute approximate surface area is 198 Å². The van der Waals surface area contributed by atoms with E-state index >= 15 is 0 Å². The van der Waals surface area contributed by atoms with Crippen molar-refractivity contribution in [1.29, 1.82) is 0 Å². The molecule has 0 fully saturated rings. The topological polar surface area (TPSA) is 59.7 Å². The van der Waals surface area contributed by atoms with Crippen molar-refractivity contribution in [1.82, 2.24) is 14.4 Å². The zero-order chi connectivity index (χ0) is 20.8. The number of hydrogen-bond acceptors (Lipinski definition) is 4. The molecular formula is C26H16N3O2Pt-. The number of benzene rings is 3. The molecule has 0 unspecified atom stereocenters. The molecule has 0 aliphatic heterocycles. The summed E-state index contributed by atoms with van der Waals surface area (Å²) in [7, 11) is 0. The number of ether oxygens (including phenoxy) is 1. The Hall–Kier alpha value is -3.69. The molecule has 0 amide bonds. The Morgan fingerprint density at radius 3 is 2.47 bits per heavy atom. The molecule has 0 saturated heterocycles. The van der Waals surface area contributed by atoms with E-state index in [0.717, 1.165) is 27.5 Å². The smallest absolute Gasteiger partial charge is 0.240 e. The summed E-state index contributed by atoms with van der Waals surface area (Å²) in [6.07, 6.45) is 1.83. The van der Waals surface area contributed by atoms with Gasteiger partial charge in [0.15, 0.2) is 5.65 Å². The van der Waals surface area contributed by atoms with E-state index < -0.39 is 0 Å². The summed E-state index contributed by atoms with van der Waals surface area (Å²) < 4.78 is 7.97. The molecule has 0 saturated carbocycles. The second-order valence-corrected chi connectivity index (χ2v) is 7.23. The Morgan fingerprint density at radius 1 is 0.781 bits per heavy atom. The van der Waals surface area contributed by atoms with Crippen LogP contribution in [0.15, 0.2) is 91.1 Å². The van der Waals surface area contributed by atoms with E-state index in [4.69, 9.17) is 4.74 Å². The van der Waals surface area contributed by atoms with E-state index in [-0.39, 0.29) is 26.8 Å². The standard InChI is InChI=1S/C26H16N3O2.Pt/c30-22-14-6-11-19-18-10-4-5-13-21(18)29-16-24(28-26(29)25(19)22)31-23-15-7-12-20(27-23)17-8-2-1-3-9-17;/h1-8,10-16,30H;/q-1;. The van der Waals surface area contributed by atoms with Gasteiger partial charge in [-0.25, -0.2) is 0 Å². The molecule has 158 valence electrons. The predicted molar refractivity (Wildman–Crippen MR) is 120 cm³/mol. The average Bonchev–Trinajstić information content (AvgIpc) is 3.23. The number of phenols is 1. The molecule has 3 aromatic carbocycles. The maximum atomic E-state index is 10.6. The van der Waals surface area contributed by atoms with Crippen LogP contribution in [0.4, 0.5) is 0 Å². The third-order valence-corrected chi connectivity index (χ3v) is 5.32. The number of aromatic nitrogens is 3. The SMILES string of the molecule is Oc1cccc2c3ccccc3n3cc(Oc4cccc(-c5[c-]cccc5)n4)nc3c12.[Pt]. The number of pyridine rings is 2. The molecule has 0 aliphatic carbocycles. The van der Waals surface area contributed by atoms with Gasteiger partial charge in [-0.3, -0.25) is 9.38 Å². The minimum absolute atomic E-state index is 0. The van der Waals surface area contributed by atoms with Gasteiger partial charge in [-0.1, -0.05) is 42.5 Å². The van der Waals surface area contributed by atoms with Crippen LogP contribution in [0.2, 0.25) is 0 Å². The van der Waals surface area contributed by atoms with E-state index in [1.165, 1.54) is 0 Å². The average molecular weight is 598 g/mol. The van der Waals surface area contributed by atoms with Crippen LogP contribution in [0.1, 0.15) is 0 Å². The van der Waals surface area contributed by atoms with Crippen LogP contribution >= 0.6 is 0 Å². The second kappa shape index (κ2) is 8.10. The molecule has 0 aliphatic rings. The minimum Gasteiger partial charge on any atom is -0.507 e. The Morgan fingerprint density at radius 2 is 1.59 bits per heavy atom. The van der Waals surface area contributed by atoms with Gasteiger partial charge in [-0.2, -0.15) is 4.98 Å². The summed E-state index contributed by atoms with van der Waals surface area (Å²) in [5.41, 5.74) is 3.29. The summed E-state index contributed by atoms with van der Waals surface area (Å²) in [5.74, 6) is 1.03. The fraction of sp³-hybridized carbons (Fsp3) is 0. The van der Waals surface area contributed by atoms with Gasteiger partial charge in [0.05, 0.1) is 17.1 Å². The van der Waals surface area contributed by atoms with Crippen molar-refractivity contribution in [2.24, 2.45) is 0 Å². The molecule has 5 nitrogen and oxygen atoms in total. The monoisotopic (exact) mass is 597 g/mol. The van der Waals surface area contributed by atoms with Crippen LogP contribution in [0.5, 0.6) is 17.5 Å². The van der Waals surface area contributed by atoms with Gasteiger partial charge < -0.3 is 9.84 Å². The molecule has 1 N–H and O–H groups in total. The molecule has 6 rings (SSSR count).